The van der Waals surface area contributed by atoms with E-state index in [4.69, 9.17) is 9.47 Å². The molecular formula is C23H26N2O3. The molecule has 3 rings (SSSR count). The molecule has 5 nitrogen and oxygen atoms in total. The molecule has 0 saturated carbocycles. The summed E-state index contributed by atoms with van der Waals surface area (Å²) in [7, 11) is 0. The van der Waals surface area contributed by atoms with E-state index in [1.807, 2.05) is 49.4 Å². The number of rotatable bonds is 7. The number of anilines is 2. The Bertz CT molecular complexity index is 965. The molecule has 0 unspecified atom stereocenters. The topological polar surface area (TPSA) is 60.5 Å². The van der Waals surface area contributed by atoms with E-state index in [1.54, 1.807) is 13.1 Å². The normalized spacial score (nSPS) is 10.9. The first-order valence-corrected chi connectivity index (χ1v) is 9.55. The van der Waals surface area contributed by atoms with Gasteiger partial charge >= 0.3 is 5.97 Å². The van der Waals surface area contributed by atoms with Crippen LogP contribution in [0.2, 0.25) is 0 Å². The molecule has 0 spiro atoms. The van der Waals surface area contributed by atoms with Crippen LogP contribution in [0.5, 0.6) is 5.75 Å². The van der Waals surface area contributed by atoms with Crippen LogP contribution in [0.4, 0.5) is 11.4 Å². The first kappa shape index (κ1) is 19.7. The Labute approximate surface area is 165 Å². The van der Waals surface area contributed by atoms with Crippen molar-refractivity contribution in [2.24, 2.45) is 5.92 Å². The number of esters is 1. The van der Waals surface area contributed by atoms with E-state index in [0.29, 0.717) is 30.4 Å². The Kier molecular flexibility index (Phi) is 6.14. The zero-order valence-corrected chi connectivity index (χ0v) is 16.8. The fourth-order valence-corrected chi connectivity index (χ4v) is 2.91. The summed E-state index contributed by atoms with van der Waals surface area (Å²) < 4.78 is 11.0. The standard InChI is InChI=1S/C23H26N2O3/c1-5-27-23(26)20-13-24-21-16(4)7-6-8-19(21)22(20)25-17-9-11-18(12-10-17)28-14-15(2)3/h6-13,15H,5,14H2,1-4H3,(H,24,25). The minimum Gasteiger partial charge on any atom is -0.493 e. The first-order valence-electron chi connectivity index (χ1n) is 9.55. The number of carbonyl (C=O) groups is 1. The minimum atomic E-state index is -0.391. The minimum absolute atomic E-state index is 0.312. The SMILES string of the molecule is CCOC(=O)c1cnc2c(C)cccc2c1Nc1ccc(OCC(C)C)cc1. The smallest absolute Gasteiger partial charge is 0.341 e. The fourth-order valence-electron chi connectivity index (χ4n) is 2.91. The van der Waals surface area contributed by atoms with Gasteiger partial charge in [-0.05, 0) is 49.6 Å². The van der Waals surface area contributed by atoms with E-state index >= 15 is 0 Å². The highest BCUT2D eigenvalue weighted by Crippen LogP contribution is 2.31. The van der Waals surface area contributed by atoms with Crippen molar-refractivity contribution >= 4 is 28.2 Å². The number of nitrogens with one attached hydrogen (secondary N) is 1. The second-order valence-corrected chi connectivity index (χ2v) is 7.09. The van der Waals surface area contributed by atoms with Gasteiger partial charge in [0.2, 0.25) is 0 Å². The van der Waals surface area contributed by atoms with Crippen molar-refractivity contribution in [3.05, 3.63) is 59.8 Å². The molecule has 0 atom stereocenters. The number of para-hydroxylation sites is 1. The van der Waals surface area contributed by atoms with Crippen molar-refractivity contribution in [1.82, 2.24) is 4.98 Å². The van der Waals surface area contributed by atoms with Crippen molar-refractivity contribution in [1.29, 1.82) is 0 Å². The fraction of sp³-hybridized carbons (Fsp3) is 0.304. The van der Waals surface area contributed by atoms with Gasteiger partial charge in [0.25, 0.3) is 0 Å². The van der Waals surface area contributed by atoms with Crippen LogP contribution in [-0.4, -0.2) is 24.2 Å². The van der Waals surface area contributed by atoms with Gasteiger partial charge < -0.3 is 14.8 Å². The maximum atomic E-state index is 12.5. The lowest BCUT2D eigenvalue weighted by molar-refractivity contribution is 0.0527. The zero-order valence-electron chi connectivity index (χ0n) is 16.8. The van der Waals surface area contributed by atoms with Gasteiger partial charge in [-0.2, -0.15) is 0 Å². The van der Waals surface area contributed by atoms with E-state index in [0.717, 1.165) is 27.9 Å². The zero-order chi connectivity index (χ0) is 20.1. The summed E-state index contributed by atoms with van der Waals surface area (Å²) in [5.74, 6) is 0.898. The van der Waals surface area contributed by atoms with Crippen molar-refractivity contribution in [2.45, 2.75) is 27.7 Å². The number of nitrogens with zero attached hydrogens (tertiary/aromatic N) is 1. The molecule has 0 aliphatic carbocycles. The second kappa shape index (κ2) is 8.74. The summed E-state index contributed by atoms with van der Waals surface area (Å²) in [6.07, 6.45) is 1.58. The number of aryl methyl sites for hydroxylation is 1. The monoisotopic (exact) mass is 378 g/mol. The molecule has 1 heterocycles. The summed E-state index contributed by atoms with van der Waals surface area (Å²) in [5.41, 5.74) is 3.88. The van der Waals surface area contributed by atoms with Crippen LogP contribution >= 0.6 is 0 Å². The molecule has 1 aromatic heterocycles. The maximum Gasteiger partial charge on any atom is 0.341 e. The van der Waals surface area contributed by atoms with Gasteiger partial charge in [-0.3, -0.25) is 4.98 Å². The number of benzene rings is 2. The second-order valence-electron chi connectivity index (χ2n) is 7.09. The van der Waals surface area contributed by atoms with Crippen LogP contribution in [-0.2, 0) is 4.74 Å². The molecule has 3 aromatic rings. The first-order chi connectivity index (χ1) is 13.5. The van der Waals surface area contributed by atoms with E-state index < -0.39 is 5.97 Å². The number of aromatic nitrogens is 1. The summed E-state index contributed by atoms with van der Waals surface area (Å²) >= 11 is 0. The Hall–Kier alpha value is -3.08. The average molecular weight is 378 g/mol. The summed E-state index contributed by atoms with van der Waals surface area (Å²) in [5, 5.41) is 4.26. The van der Waals surface area contributed by atoms with Crippen LogP contribution < -0.4 is 10.1 Å². The number of pyridine rings is 1. The number of ether oxygens (including phenoxy) is 2. The Morgan fingerprint density at radius 1 is 1.14 bits per heavy atom. The Balaban J connectivity index is 1.97. The number of hydrogen-bond acceptors (Lipinski definition) is 5. The van der Waals surface area contributed by atoms with Gasteiger partial charge in [-0.15, -0.1) is 0 Å². The summed E-state index contributed by atoms with van der Waals surface area (Å²) in [6.45, 7) is 9.01. The van der Waals surface area contributed by atoms with Gasteiger partial charge in [-0.1, -0.05) is 32.0 Å². The third kappa shape index (κ3) is 4.42. The highest BCUT2D eigenvalue weighted by molar-refractivity contribution is 6.06. The molecule has 0 saturated heterocycles. The molecule has 0 bridgehead atoms. The molecular weight excluding hydrogens is 352 g/mol. The van der Waals surface area contributed by atoms with Crippen molar-refractivity contribution < 1.29 is 14.3 Å². The molecule has 0 fully saturated rings. The molecule has 0 radical (unpaired) electrons. The Morgan fingerprint density at radius 3 is 2.57 bits per heavy atom. The quantitative estimate of drug-likeness (QED) is 0.550. The van der Waals surface area contributed by atoms with E-state index in [-0.39, 0.29) is 0 Å². The summed E-state index contributed by atoms with van der Waals surface area (Å²) in [6, 6.07) is 13.6. The van der Waals surface area contributed by atoms with Gasteiger partial charge in [0.1, 0.15) is 11.3 Å². The highest BCUT2D eigenvalue weighted by atomic mass is 16.5. The van der Waals surface area contributed by atoms with Crippen molar-refractivity contribution in [3.63, 3.8) is 0 Å². The van der Waals surface area contributed by atoms with E-state index in [9.17, 15) is 4.79 Å². The van der Waals surface area contributed by atoms with Crippen molar-refractivity contribution in [3.8, 4) is 5.75 Å². The third-order valence-corrected chi connectivity index (χ3v) is 4.30. The number of carbonyl (C=O) groups excluding carboxylic acids is 1. The lowest BCUT2D eigenvalue weighted by atomic mass is 10.1. The molecule has 0 aliphatic heterocycles. The molecule has 1 N–H and O–H groups in total. The molecule has 0 amide bonds. The van der Waals surface area contributed by atoms with E-state index in [1.165, 1.54) is 0 Å². The maximum absolute atomic E-state index is 12.5. The van der Waals surface area contributed by atoms with Crippen LogP contribution in [0.3, 0.4) is 0 Å². The van der Waals surface area contributed by atoms with E-state index in [2.05, 4.69) is 24.1 Å². The number of hydrogen-bond donors (Lipinski definition) is 1. The van der Waals surface area contributed by atoms with Crippen LogP contribution in [0.25, 0.3) is 10.9 Å². The van der Waals surface area contributed by atoms with Crippen LogP contribution in [0, 0.1) is 12.8 Å². The van der Waals surface area contributed by atoms with Gasteiger partial charge in [0.15, 0.2) is 0 Å². The largest absolute Gasteiger partial charge is 0.493 e. The molecule has 2 aromatic carbocycles. The molecule has 28 heavy (non-hydrogen) atoms. The lowest BCUT2D eigenvalue weighted by Crippen LogP contribution is -2.09. The predicted octanol–water partition coefficient (Wildman–Crippen LogP) is 5.50. The van der Waals surface area contributed by atoms with Gasteiger partial charge in [0.05, 0.1) is 24.4 Å². The molecule has 146 valence electrons. The van der Waals surface area contributed by atoms with Gasteiger partial charge in [0, 0.05) is 17.3 Å². The highest BCUT2D eigenvalue weighted by Gasteiger charge is 2.17. The number of fused-ring (bicyclic) bond motifs is 1. The summed E-state index contributed by atoms with van der Waals surface area (Å²) in [4.78, 5) is 16.9. The van der Waals surface area contributed by atoms with Gasteiger partial charge in [-0.25, -0.2) is 4.79 Å². The van der Waals surface area contributed by atoms with Crippen LogP contribution in [0.1, 0.15) is 36.7 Å². The predicted molar refractivity (Wildman–Crippen MR) is 112 cm³/mol. The molecule has 5 heteroatoms. The Morgan fingerprint density at radius 2 is 1.89 bits per heavy atom. The molecule has 0 aliphatic rings. The third-order valence-electron chi connectivity index (χ3n) is 4.30. The lowest BCUT2D eigenvalue weighted by Gasteiger charge is -2.15. The van der Waals surface area contributed by atoms with Crippen molar-refractivity contribution in [2.75, 3.05) is 18.5 Å². The average Bonchev–Trinajstić information content (AvgIpc) is 2.68. The van der Waals surface area contributed by atoms with Crippen LogP contribution in [0.15, 0.2) is 48.7 Å².